The first-order valence-electron chi connectivity index (χ1n) is 4.68. The Bertz CT molecular complexity index is 205. The highest BCUT2D eigenvalue weighted by Crippen LogP contribution is 2.07. The Kier molecular flexibility index (Phi) is 4.46. The standard InChI is InChI=1S/C8H18N2O3S/c1-8(2,9-14(11)12)7-10-3-5-13-6-4-10/h9H,3-7H2,1-2H3,(H,11,12). The fourth-order valence-corrected chi connectivity index (χ4v) is 2.12. The van der Waals surface area contributed by atoms with E-state index in [1.54, 1.807) is 0 Å². The Hall–Kier alpha value is -0.0100. The summed E-state index contributed by atoms with van der Waals surface area (Å²) in [6.07, 6.45) is 0. The number of rotatable bonds is 4. The molecule has 0 aromatic carbocycles. The maximum absolute atomic E-state index is 10.6. The topological polar surface area (TPSA) is 61.8 Å². The van der Waals surface area contributed by atoms with E-state index in [1.807, 2.05) is 13.8 Å². The molecule has 2 N–H and O–H groups in total. The molecule has 1 atom stereocenters. The van der Waals surface area contributed by atoms with Gasteiger partial charge in [-0.05, 0) is 13.8 Å². The van der Waals surface area contributed by atoms with Gasteiger partial charge < -0.3 is 4.74 Å². The normalized spacial score (nSPS) is 22.2. The molecule has 0 amide bonds. The van der Waals surface area contributed by atoms with E-state index < -0.39 is 11.3 Å². The quantitative estimate of drug-likeness (QED) is 0.648. The molecule has 84 valence electrons. The minimum absolute atomic E-state index is 0.350. The van der Waals surface area contributed by atoms with Crippen molar-refractivity contribution in [2.24, 2.45) is 0 Å². The van der Waals surface area contributed by atoms with Crippen molar-refractivity contribution in [1.29, 1.82) is 0 Å². The van der Waals surface area contributed by atoms with E-state index in [9.17, 15) is 4.21 Å². The van der Waals surface area contributed by atoms with Crippen molar-refractivity contribution in [3.63, 3.8) is 0 Å². The highest BCUT2D eigenvalue weighted by Gasteiger charge is 2.24. The number of hydrogen-bond donors (Lipinski definition) is 2. The van der Waals surface area contributed by atoms with Gasteiger partial charge in [-0.2, -0.15) is 0 Å². The van der Waals surface area contributed by atoms with Crippen LogP contribution < -0.4 is 4.72 Å². The number of morpholine rings is 1. The van der Waals surface area contributed by atoms with Crippen LogP contribution in [0, 0.1) is 0 Å². The van der Waals surface area contributed by atoms with Crippen LogP contribution >= 0.6 is 0 Å². The maximum Gasteiger partial charge on any atom is 0.232 e. The zero-order valence-electron chi connectivity index (χ0n) is 8.65. The summed E-state index contributed by atoms with van der Waals surface area (Å²) < 4.78 is 27.2. The average Bonchev–Trinajstić information content (AvgIpc) is 2.02. The van der Waals surface area contributed by atoms with Gasteiger partial charge >= 0.3 is 0 Å². The van der Waals surface area contributed by atoms with Crippen LogP contribution in [0.25, 0.3) is 0 Å². The molecule has 1 unspecified atom stereocenters. The Labute approximate surface area is 87.2 Å². The third kappa shape index (κ3) is 4.47. The number of hydrogen-bond acceptors (Lipinski definition) is 3. The summed E-state index contributed by atoms with van der Waals surface area (Å²) in [6, 6.07) is 0. The summed E-state index contributed by atoms with van der Waals surface area (Å²) in [5.41, 5.74) is -0.350. The lowest BCUT2D eigenvalue weighted by Crippen LogP contribution is -2.52. The Morgan fingerprint density at radius 1 is 1.50 bits per heavy atom. The van der Waals surface area contributed by atoms with Gasteiger partial charge in [-0.25, -0.2) is 8.93 Å². The summed E-state index contributed by atoms with van der Waals surface area (Å²) in [5, 5.41) is 0. The summed E-state index contributed by atoms with van der Waals surface area (Å²) >= 11 is -1.95. The molecule has 1 fully saturated rings. The third-order valence-corrected chi connectivity index (χ3v) is 2.81. The SMILES string of the molecule is CC(C)(CN1CCOCC1)NS(=O)O. The minimum Gasteiger partial charge on any atom is -0.379 e. The van der Waals surface area contributed by atoms with E-state index in [2.05, 4.69) is 9.62 Å². The second kappa shape index (κ2) is 5.18. The predicted octanol–water partition coefficient (Wildman–Crippen LogP) is -0.176. The van der Waals surface area contributed by atoms with E-state index in [1.165, 1.54) is 0 Å². The van der Waals surface area contributed by atoms with Gasteiger partial charge in [0.25, 0.3) is 0 Å². The first kappa shape index (κ1) is 12.1. The highest BCUT2D eigenvalue weighted by molar-refractivity contribution is 7.77. The Morgan fingerprint density at radius 3 is 2.57 bits per heavy atom. The third-order valence-electron chi connectivity index (χ3n) is 2.09. The average molecular weight is 222 g/mol. The first-order chi connectivity index (χ1) is 6.49. The van der Waals surface area contributed by atoms with Crippen molar-refractivity contribution in [2.45, 2.75) is 19.4 Å². The van der Waals surface area contributed by atoms with Gasteiger partial charge in [-0.1, -0.05) is 0 Å². The van der Waals surface area contributed by atoms with Gasteiger partial charge in [-0.15, -0.1) is 0 Å². The molecular weight excluding hydrogens is 204 g/mol. The fraction of sp³-hybridized carbons (Fsp3) is 1.00. The van der Waals surface area contributed by atoms with Crippen molar-refractivity contribution < 1.29 is 13.5 Å². The minimum atomic E-state index is -1.95. The molecule has 1 aliphatic heterocycles. The van der Waals surface area contributed by atoms with Crippen LogP contribution in [-0.4, -0.2) is 52.0 Å². The molecule has 0 aliphatic carbocycles. The molecule has 1 rings (SSSR count). The van der Waals surface area contributed by atoms with Crippen molar-refractivity contribution in [1.82, 2.24) is 9.62 Å². The number of ether oxygens (including phenoxy) is 1. The second-order valence-electron chi connectivity index (χ2n) is 4.12. The van der Waals surface area contributed by atoms with Gasteiger partial charge in [0.1, 0.15) is 0 Å². The largest absolute Gasteiger partial charge is 0.379 e. The van der Waals surface area contributed by atoms with Gasteiger partial charge in [0.05, 0.1) is 13.2 Å². The predicted molar refractivity (Wildman–Crippen MR) is 55.2 cm³/mol. The van der Waals surface area contributed by atoms with E-state index in [-0.39, 0.29) is 5.54 Å². The van der Waals surface area contributed by atoms with E-state index in [4.69, 9.17) is 9.29 Å². The van der Waals surface area contributed by atoms with Crippen molar-refractivity contribution in [2.75, 3.05) is 32.8 Å². The molecule has 0 aromatic rings. The maximum atomic E-state index is 10.6. The van der Waals surface area contributed by atoms with Gasteiger partial charge in [0.15, 0.2) is 0 Å². The molecule has 0 spiro atoms. The zero-order chi connectivity index (χ0) is 10.6. The molecule has 0 radical (unpaired) electrons. The molecule has 0 saturated carbocycles. The summed E-state index contributed by atoms with van der Waals surface area (Å²) in [5.74, 6) is 0. The van der Waals surface area contributed by atoms with Gasteiger partial charge in [0, 0.05) is 25.2 Å². The van der Waals surface area contributed by atoms with E-state index in [0.29, 0.717) is 0 Å². The fourth-order valence-electron chi connectivity index (χ4n) is 1.59. The van der Waals surface area contributed by atoms with Crippen LogP contribution in [0.15, 0.2) is 0 Å². The smallest absolute Gasteiger partial charge is 0.232 e. The lowest BCUT2D eigenvalue weighted by Gasteiger charge is -2.34. The summed E-state index contributed by atoms with van der Waals surface area (Å²) in [6.45, 7) is 7.86. The monoisotopic (exact) mass is 222 g/mol. The van der Waals surface area contributed by atoms with Crippen LogP contribution in [0.3, 0.4) is 0 Å². The Morgan fingerprint density at radius 2 is 2.07 bits per heavy atom. The van der Waals surface area contributed by atoms with Crippen LogP contribution in [-0.2, 0) is 16.0 Å². The van der Waals surface area contributed by atoms with Crippen molar-refractivity contribution in [3.8, 4) is 0 Å². The molecule has 6 heteroatoms. The van der Waals surface area contributed by atoms with Gasteiger partial charge in [-0.3, -0.25) is 9.45 Å². The lowest BCUT2D eigenvalue weighted by molar-refractivity contribution is 0.0290. The number of nitrogens with zero attached hydrogens (tertiary/aromatic N) is 1. The van der Waals surface area contributed by atoms with E-state index >= 15 is 0 Å². The van der Waals surface area contributed by atoms with Gasteiger partial charge in [0.2, 0.25) is 11.3 Å². The van der Waals surface area contributed by atoms with Crippen LogP contribution in [0.4, 0.5) is 0 Å². The van der Waals surface area contributed by atoms with Crippen molar-refractivity contribution in [3.05, 3.63) is 0 Å². The molecule has 0 bridgehead atoms. The second-order valence-corrected chi connectivity index (χ2v) is 4.83. The van der Waals surface area contributed by atoms with Crippen LogP contribution in [0.5, 0.6) is 0 Å². The molecule has 0 aromatic heterocycles. The van der Waals surface area contributed by atoms with Crippen molar-refractivity contribution >= 4 is 11.3 Å². The molecule has 1 aliphatic rings. The first-order valence-corrected chi connectivity index (χ1v) is 5.79. The highest BCUT2D eigenvalue weighted by atomic mass is 32.2. The molecule has 1 heterocycles. The summed E-state index contributed by atoms with van der Waals surface area (Å²) in [7, 11) is 0. The Balaban J connectivity index is 2.36. The molecule has 14 heavy (non-hydrogen) atoms. The molecule has 5 nitrogen and oxygen atoms in total. The lowest BCUT2D eigenvalue weighted by atomic mass is 10.1. The van der Waals surface area contributed by atoms with Crippen LogP contribution in [0.1, 0.15) is 13.8 Å². The number of nitrogens with one attached hydrogen (secondary N) is 1. The zero-order valence-corrected chi connectivity index (χ0v) is 9.47. The summed E-state index contributed by atoms with van der Waals surface area (Å²) in [4.78, 5) is 2.23. The molecular formula is C8H18N2O3S. The molecule has 1 saturated heterocycles. The van der Waals surface area contributed by atoms with E-state index in [0.717, 1.165) is 32.8 Å². The van der Waals surface area contributed by atoms with Crippen LogP contribution in [0.2, 0.25) is 0 Å².